The van der Waals surface area contributed by atoms with Crippen molar-refractivity contribution < 1.29 is 0 Å². The number of aromatic nitrogens is 2. The first-order chi connectivity index (χ1) is 14.5. The molecular formula is C23H22N6O. The van der Waals surface area contributed by atoms with E-state index in [0.29, 0.717) is 24.2 Å². The molecule has 0 saturated heterocycles. The Kier molecular flexibility index (Phi) is 4.93. The number of nitrogens with one attached hydrogen (secondary N) is 2. The Balaban J connectivity index is 1.85. The monoisotopic (exact) mass is 398 g/mol. The molecule has 7 heteroatoms. The third-order valence-corrected chi connectivity index (χ3v) is 5.20. The Bertz CT molecular complexity index is 1230. The number of benzene rings is 3. The zero-order valence-corrected chi connectivity index (χ0v) is 16.3. The number of para-hydroxylation sites is 2. The van der Waals surface area contributed by atoms with E-state index in [2.05, 4.69) is 0 Å². The molecule has 1 aromatic heterocycles. The van der Waals surface area contributed by atoms with Crippen LogP contribution in [0.15, 0.2) is 77.6 Å². The number of nitrogens with two attached hydrogens (primary N) is 2. The first-order valence-electron chi connectivity index (χ1n) is 9.50. The number of imidazole rings is 1. The zero-order valence-electron chi connectivity index (χ0n) is 16.3. The summed E-state index contributed by atoms with van der Waals surface area (Å²) in [6.07, 6.45) is 0. The van der Waals surface area contributed by atoms with Gasteiger partial charge >= 0.3 is 5.69 Å². The van der Waals surface area contributed by atoms with Crippen LogP contribution in [0.5, 0.6) is 0 Å². The van der Waals surface area contributed by atoms with Crippen molar-refractivity contribution in [3.05, 3.63) is 106 Å². The number of rotatable bonds is 6. The van der Waals surface area contributed by atoms with Crippen molar-refractivity contribution in [2.45, 2.75) is 13.1 Å². The molecule has 4 rings (SSSR count). The molecule has 0 aliphatic carbocycles. The summed E-state index contributed by atoms with van der Waals surface area (Å²) < 4.78 is 3.38. The Hall–Kier alpha value is -4.13. The van der Waals surface area contributed by atoms with Gasteiger partial charge in [-0.15, -0.1) is 0 Å². The lowest BCUT2D eigenvalue weighted by atomic mass is 10.1. The van der Waals surface area contributed by atoms with Gasteiger partial charge in [0.05, 0.1) is 24.1 Å². The van der Waals surface area contributed by atoms with Crippen LogP contribution in [-0.2, 0) is 13.1 Å². The maximum absolute atomic E-state index is 13.4. The van der Waals surface area contributed by atoms with Crippen molar-refractivity contribution in [1.29, 1.82) is 10.8 Å². The fraction of sp³-hybridized carbons (Fsp3) is 0.0870. The third-order valence-electron chi connectivity index (χ3n) is 5.20. The lowest BCUT2D eigenvalue weighted by Gasteiger charge is -2.10. The minimum Gasteiger partial charge on any atom is -0.384 e. The standard InChI is InChI=1S/C23H22N6O/c24-21(25)17-9-3-1-7-15(17)13-28-19-11-5-6-12-20(19)29(23(28)30)14-16-8-2-4-10-18(16)22(26)27/h1-12H,13-14H2,(H3,24,25)(H3,26,27). The molecule has 0 aliphatic rings. The third kappa shape index (κ3) is 3.37. The molecule has 0 atom stereocenters. The van der Waals surface area contributed by atoms with E-state index in [1.165, 1.54) is 0 Å². The minimum absolute atomic E-state index is 0.0298. The molecule has 0 bridgehead atoms. The molecule has 0 unspecified atom stereocenters. The molecule has 0 saturated carbocycles. The first kappa shape index (κ1) is 19.2. The van der Waals surface area contributed by atoms with Gasteiger partial charge in [0.1, 0.15) is 11.7 Å². The van der Waals surface area contributed by atoms with Crippen molar-refractivity contribution in [3.63, 3.8) is 0 Å². The molecule has 0 amide bonds. The van der Waals surface area contributed by atoms with Crippen LogP contribution in [0.2, 0.25) is 0 Å². The molecule has 1 heterocycles. The Morgan fingerprint density at radius 2 is 1.03 bits per heavy atom. The minimum atomic E-state index is -0.173. The maximum atomic E-state index is 13.4. The molecule has 150 valence electrons. The van der Waals surface area contributed by atoms with E-state index in [9.17, 15) is 4.79 Å². The predicted octanol–water partition coefficient (Wildman–Crippen LogP) is 2.47. The number of nitrogen functional groups attached to an aromatic ring is 2. The second-order valence-electron chi connectivity index (χ2n) is 7.09. The van der Waals surface area contributed by atoms with Crippen LogP contribution < -0.4 is 17.2 Å². The van der Waals surface area contributed by atoms with Gasteiger partial charge in [-0.2, -0.15) is 0 Å². The lowest BCUT2D eigenvalue weighted by Crippen LogP contribution is -2.27. The van der Waals surface area contributed by atoms with Gasteiger partial charge in [0.25, 0.3) is 0 Å². The summed E-state index contributed by atoms with van der Waals surface area (Å²) in [6, 6.07) is 22.3. The van der Waals surface area contributed by atoms with Gasteiger partial charge in [-0.25, -0.2) is 4.79 Å². The second kappa shape index (κ2) is 7.71. The van der Waals surface area contributed by atoms with Gasteiger partial charge < -0.3 is 11.5 Å². The zero-order chi connectivity index (χ0) is 21.3. The van der Waals surface area contributed by atoms with Crippen LogP contribution in [0.3, 0.4) is 0 Å². The van der Waals surface area contributed by atoms with Gasteiger partial charge in [-0.3, -0.25) is 20.0 Å². The van der Waals surface area contributed by atoms with Gasteiger partial charge in [-0.1, -0.05) is 60.7 Å². The highest BCUT2D eigenvalue weighted by molar-refractivity contribution is 5.97. The topological polar surface area (TPSA) is 127 Å². The van der Waals surface area contributed by atoms with Crippen LogP contribution in [0.1, 0.15) is 22.3 Å². The van der Waals surface area contributed by atoms with Crippen molar-refractivity contribution >= 4 is 22.7 Å². The number of hydrogen-bond donors (Lipinski definition) is 4. The van der Waals surface area contributed by atoms with Crippen LogP contribution in [0, 0.1) is 10.8 Å². The number of hydrogen-bond acceptors (Lipinski definition) is 3. The quantitative estimate of drug-likeness (QED) is 0.294. The van der Waals surface area contributed by atoms with Crippen molar-refractivity contribution in [1.82, 2.24) is 9.13 Å². The molecule has 0 fully saturated rings. The summed E-state index contributed by atoms with van der Waals surface area (Å²) in [7, 11) is 0. The summed E-state index contributed by atoms with van der Waals surface area (Å²) in [5, 5.41) is 15.7. The molecule has 30 heavy (non-hydrogen) atoms. The van der Waals surface area contributed by atoms with Crippen LogP contribution in [-0.4, -0.2) is 20.8 Å². The number of fused-ring (bicyclic) bond motifs is 1. The Labute approximate surface area is 173 Å². The molecular weight excluding hydrogens is 376 g/mol. The van der Waals surface area contributed by atoms with Gasteiger partial charge in [0, 0.05) is 11.1 Å². The lowest BCUT2D eigenvalue weighted by molar-refractivity contribution is 0.700. The average Bonchev–Trinajstić information content (AvgIpc) is 3.00. The maximum Gasteiger partial charge on any atom is 0.329 e. The van der Waals surface area contributed by atoms with E-state index in [0.717, 1.165) is 22.2 Å². The fourth-order valence-corrected chi connectivity index (χ4v) is 3.76. The van der Waals surface area contributed by atoms with Crippen LogP contribution in [0.25, 0.3) is 11.0 Å². The SMILES string of the molecule is N=C(N)c1ccccc1Cn1c(=O)n(Cc2ccccc2C(=N)N)c2ccccc21. The van der Waals surface area contributed by atoms with Gasteiger partial charge in [0.15, 0.2) is 0 Å². The first-order valence-corrected chi connectivity index (χ1v) is 9.50. The van der Waals surface area contributed by atoms with Crippen molar-refractivity contribution in [2.75, 3.05) is 0 Å². The predicted molar refractivity (Wildman–Crippen MR) is 119 cm³/mol. The molecule has 4 aromatic rings. The number of amidine groups is 2. The molecule has 6 N–H and O–H groups in total. The van der Waals surface area contributed by atoms with E-state index in [1.54, 1.807) is 21.3 Å². The Morgan fingerprint density at radius 3 is 1.43 bits per heavy atom. The highest BCUT2D eigenvalue weighted by Crippen LogP contribution is 2.18. The highest BCUT2D eigenvalue weighted by atomic mass is 16.1. The van der Waals surface area contributed by atoms with E-state index >= 15 is 0 Å². The van der Waals surface area contributed by atoms with Crippen molar-refractivity contribution in [3.8, 4) is 0 Å². The Morgan fingerprint density at radius 1 is 0.667 bits per heavy atom. The normalized spacial score (nSPS) is 10.9. The molecule has 0 aliphatic heterocycles. The molecule has 7 nitrogen and oxygen atoms in total. The molecule has 0 radical (unpaired) electrons. The average molecular weight is 398 g/mol. The molecule has 3 aromatic carbocycles. The summed E-state index contributed by atoms with van der Waals surface area (Å²) >= 11 is 0. The summed E-state index contributed by atoms with van der Waals surface area (Å²) in [6.45, 7) is 0.604. The van der Waals surface area contributed by atoms with Gasteiger partial charge in [0.2, 0.25) is 0 Å². The van der Waals surface area contributed by atoms with Gasteiger partial charge in [-0.05, 0) is 23.3 Å². The van der Waals surface area contributed by atoms with E-state index in [4.69, 9.17) is 22.3 Å². The number of nitrogens with zero attached hydrogens (tertiary/aromatic N) is 2. The van der Waals surface area contributed by atoms with E-state index in [-0.39, 0.29) is 17.4 Å². The largest absolute Gasteiger partial charge is 0.384 e. The summed E-state index contributed by atoms with van der Waals surface area (Å²) in [5.41, 5.74) is 15.7. The second-order valence-corrected chi connectivity index (χ2v) is 7.09. The van der Waals surface area contributed by atoms with E-state index < -0.39 is 0 Å². The summed E-state index contributed by atoms with van der Waals surface area (Å²) in [4.78, 5) is 13.4. The van der Waals surface area contributed by atoms with E-state index in [1.807, 2.05) is 60.7 Å². The van der Waals surface area contributed by atoms with Crippen molar-refractivity contribution in [2.24, 2.45) is 11.5 Å². The highest BCUT2D eigenvalue weighted by Gasteiger charge is 2.16. The summed E-state index contributed by atoms with van der Waals surface area (Å²) in [5.74, 6) is -0.0597. The molecule has 0 spiro atoms. The van der Waals surface area contributed by atoms with Crippen LogP contribution in [0.4, 0.5) is 0 Å². The fourth-order valence-electron chi connectivity index (χ4n) is 3.76. The van der Waals surface area contributed by atoms with Crippen LogP contribution >= 0.6 is 0 Å². The smallest absolute Gasteiger partial charge is 0.329 e.